The van der Waals surface area contributed by atoms with Crippen molar-refractivity contribution < 1.29 is 28.9 Å². The van der Waals surface area contributed by atoms with Crippen molar-refractivity contribution in [1.29, 1.82) is 0 Å². The van der Waals surface area contributed by atoms with Crippen LogP contribution in [0.1, 0.15) is 53.8 Å². The molecule has 0 bridgehead atoms. The Morgan fingerprint density at radius 1 is 0.800 bits per heavy atom. The Labute approximate surface area is 204 Å². The number of esters is 2. The zero-order chi connectivity index (χ0) is 25.0. The van der Waals surface area contributed by atoms with Crippen LogP contribution in [0.15, 0.2) is 77.0 Å². The van der Waals surface area contributed by atoms with Crippen LogP contribution in [0.3, 0.4) is 0 Å². The normalized spacial score (nSPS) is 10.8. The highest BCUT2D eigenvalue weighted by Gasteiger charge is 2.11. The van der Waals surface area contributed by atoms with Crippen LogP contribution in [0.4, 0.5) is 11.4 Å². The minimum absolute atomic E-state index is 0.171. The van der Waals surface area contributed by atoms with Crippen LogP contribution in [-0.2, 0) is 4.74 Å². The molecule has 35 heavy (non-hydrogen) atoms. The standard InChI is InChI=1S/C27H28N2O6/c1-3-5-6-17-34-22-13-9-20(10-14-22)27(32)35-23-15-16-24(25(30)18-23)29-28-21-11-7-19(8-12-21)26(31)33-4-2/h7-16,18,30H,3-6,17H2,1-2H3. The maximum absolute atomic E-state index is 12.4. The predicted molar refractivity (Wildman–Crippen MR) is 131 cm³/mol. The first-order valence-corrected chi connectivity index (χ1v) is 11.5. The molecule has 0 radical (unpaired) electrons. The lowest BCUT2D eigenvalue weighted by Gasteiger charge is -2.08. The number of hydrogen-bond donors (Lipinski definition) is 1. The first-order chi connectivity index (χ1) is 17.0. The highest BCUT2D eigenvalue weighted by molar-refractivity contribution is 5.91. The molecule has 0 spiro atoms. The van der Waals surface area contributed by atoms with Crippen molar-refractivity contribution in [2.45, 2.75) is 33.1 Å². The largest absolute Gasteiger partial charge is 0.505 e. The van der Waals surface area contributed by atoms with Crippen molar-refractivity contribution in [3.63, 3.8) is 0 Å². The third-order valence-electron chi connectivity index (χ3n) is 4.92. The summed E-state index contributed by atoms with van der Waals surface area (Å²) in [6.07, 6.45) is 3.22. The molecule has 182 valence electrons. The second-order valence-corrected chi connectivity index (χ2v) is 7.59. The summed E-state index contributed by atoms with van der Waals surface area (Å²) in [4.78, 5) is 24.1. The van der Waals surface area contributed by atoms with Crippen LogP contribution in [0, 0.1) is 0 Å². The maximum atomic E-state index is 12.4. The Morgan fingerprint density at radius 2 is 1.46 bits per heavy atom. The number of carbonyl (C=O) groups is 2. The van der Waals surface area contributed by atoms with Gasteiger partial charge in [-0.1, -0.05) is 19.8 Å². The zero-order valence-corrected chi connectivity index (χ0v) is 19.8. The number of unbranched alkanes of at least 4 members (excludes halogenated alkanes) is 2. The Bertz CT molecular complexity index is 1160. The molecule has 3 aromatic rings. The second-order valence-electron chi connectivity index (χ2n) is 7.59. The Morgan fingerprint density at radius 3 is 2.11 bits per heavy atom. The molecule has 8 nitrogen and oxygen atoms in total. The fourth-order valence-corrected chi connectivity index (χ4v) is 3.04. The van der Waals surface area contributed by atoms with E-state index < -0.39 is 11.9 Å². The summed E-state index contributed by atoms with van der Waals surface area (Å²) in [5.74, 6) is -0.299. The van der Waals surface area contributed by atoms with Crippen molar-refractivity contribution >= 4 is 23.3 Å². The number of phenolic OH excluding ortho intramolecular Hbond substituents is 1. The molecular weight excluding hydrogens is 448 g/mol. The van der Waals surface area contributed by atoms with Gasteiger partial charge in [-0.25, -0.2) is 9.59 Å². The quantitative estimate of drug-likeness (QED) is 0.142. The van der Waals surface area contributed by atoms with E-state index >= 15 is 0 Å². The van der Waals surface area contributed by atoms with Crippen molar-refractivity contribution in [3.05, 3.63) is 77.9 Å². The maximum Gasteiger partial charge on any atom is 0.343 e. The van der Waals surface area contributed by atoms with Crippen molar-refractivity contribution in [2.75, 3.05) is 13.2 Å². The lowest BCUT2D eigenvalue weighted by atomic mass is 10.2. The van der Waals surface area contributed by atoms with Gasteiger partial charge in [-0.2, -0.15) is 5.11 Å². The number of benzene rings is 3. The summed E-state index contributed by atoms with van der Waals surface area (Å²) in [6.45, 7) is 4.81. The number of carbonyl (C=O) groups excluding carboxylic acids is 2. The first-order valence-electron chi connectivity index (χ1n) is 11.5. The van der Waals surface area contributed by atoms with Gasteiger partial charge >= 0.3 is 11.9 Å². The molecule has 0 aliphatic rings. The molecule has 0 aliphatic heterocycles. The van der Waals surface area contributed by atoms with E-state index in [4.69, 9.17) is 14.2 Å². The third-order valence-corrected chi connectivity index (χ3v) is 4.92. The average Bonchev–Trinajstić information content (AvgIpc) is 2.87. The average molecular weight is 477 g/mol. The molecule has 3 rings (SSSR count). The van der Waals surface area contributed by atoms with E-state index in [-0.39, 0.29) is 17.2 Å². The van der Waals surface area contributed by atoms with Crippen LogP contribution in [0.2, 0.25) is 0 Å². The number of azo groups is 1. The van der Waals surface area contributed by atoms with E-state index in [1.807, 2.05) is 0 Å². The second kappa shape index (κ2) is 12.9. The number of ether oxygens (including phenoxy) is 3. The van der Waals surface area contributed by atoms with Crippen molar-refractivity contribution in [3.8, 4) is 17.2 Å². The van der Waals surface area contributed by atoms with E-state index in [0.29, 0.717) is 35.8 Å². The van der Waals surface area contributed by atoms with Crippen LogP contribution in [-0.4, -0.2) is 30.3 Å². The Balaban J connectivity index is 1.57. The molecule has 0 saturated carbocycles. The smallest absolute Gasteiger partial charge is 0.343 e. The number of rotatable bonds is 11. The van der Waals surface area contributed by atoms with Gasteiger partial charge in [0.1, 0.15) is 22.9 Å². The van der Waals surface area contributed by atoms with E-state index in [1.54, 1.807) is 55.5 Å². The zero-order valence-electron chi connectivity index (χ0n) is 19.8. The summed E-state index contributed by atoms with van der Waals surface area (Å²) in [5, 5.41) is 18.3. The Kier molecular flexibility index (Phi) is 9.36. The van der Waals surface area contributed by atoms with Gasteiger partial charge in [0.25, 0.3) is 0 Å². The molecule has 1 N–H and O–H groups in total. The highest BCUT2D eigenvalue weighted by atomic mass is 16.5. The minimum Gasteiger partial charge on any atom is -0.505 e. The lowest BCUT2D eigenvalue weighted by molar-refractivity contribution is 0.0526. The molecule has 0 amide bonds. The molecule has 0 atom stereocenters. The fraction of sp³-hybridized carbons (Fsp3) is 0.259. The van der Waals surface area contributed by atoms with Crippen LogP contribution in [0.25, 0.3) is 0 Å². The molecule has 0 fully saturated rings. The Hall–Kier alpha value is -4.20. The summed E-state index contributed by atoms with van der Waals surface area (Å²) in [6, 6.07) is 17.4. The number of nitrogens with zero attached hydrogens (tertiary/aromatic N) is 2. The van der Waals surface area contributed by atoms with Gasteiger partial charge in [0.15, 0.2) is 0 Å². The van der Waals surface area contributed by atoms with Crippen LogP contribution in [0.5, 0.6) is 17.2 Å². The highest BCUT2D eigenvalue weighted by Crippen LogP contribution is 2.32. The SMILES string of the molecule is CCCCCOc1ccc(C(=O)Oc2ccc(N=Nc3ccc(C(=O)OCC)cc3)c(O)c2)cc1. The molecule has 8 heteroatoms. The third kappa shape index (κ3) is 7.67. The van der Waals surface area contributed by atoms with E-state index in [0.717, 1.165) is 19.3 Å². The lowest BCUT2D eigenvalue weighted by Crippen LogP contribution is -2.08. The van der Waals surface area contributed by atoms with Gasteiger partial charge in [0, 0.05) is 6.07 Å². The first kappa shape index (κ1) is 25.4. The van der Waals surface area contributed by atoms with Crippen LogP contribution >= 0.6 is 0 Å². The summed E-state index contributed by atoms with van der Waals surface area (Å²) in [7, 11) is 0. The molecular formula is C27H28N2O6. The topological polar surface area (TPSA) is 107 Å². The molecule has 0 unspecified atom stereocenters. The number of hydrogen-bond acceptors (Lipinski definition) is 8. The van der Waals surface area contributed by atoms with Gasteiger partial charge in [-0.15, -0.1) is 5.11 Å². The van der Waals surface area contributed by atoms with Crippen molar-refractivity contribution in [1.82, 2.24) is 0 Å². The molecule has 0 heterocycles. The van der Waals surface area contributed by atoms with Gasteiger partial charge in [0.05, 0.1) is 30.0 Å². The molecule has 3 aromatic carbocycles. The van der Waals surface area contributed by atoms with E-state index in [9.17, 15) is 14.7 Å². The summed E-state index contributed by atoms with van der Waals surface area (Å²) < 4.78 is 15.9. The van der Waals surface area contributed by atoms with Gasteiger partial charge < -0.3 is 19.3 Å². The van der Waals surface area contributed by atoms with Gasteiger partial charge in [-0.05, 0) is 74.0 Å². The number of aromatic hydroxyl groups is 1. The summed E-state index contributed by atoms with van der Waals surface area (Å²) >= 11 is 0. The van der Waals surface area contributed by atoms with E-state index in [2.05, 4.69) is 17.2 Å². The fourth-order valence-electron chi connectivity index (χ4n) is 3.04. The monoisotopic (exact) mass is 476 g/mol. The van der Waals surface area contributed by atoms with Crippen molar-refractivity contribution in [2.24, 2.45) is 10.2 Å². The predicted octanol–water partition coefficient (Wildman–Crippen LogP) is 6.77. The van der Waals surface area contributed by atoms with Gasteiger partial charge in [-0.3, -0.25) is 0 Å². The van der Waals surface area contributed by atoms with E-state index in [1.165, 1.54) is 18.2 Å². The molecule has 0 saturated heterocycles. The molecule has 0 aliphatic carbocycles. The molecule has 0 aromatic heterocycles. The summed E-state index contributed by atoms with van der Waals surface area (Å²) in [5.41, 5.74) is 1.46. The minimum atomic E-state index is -0.557. The van der Waals surface area contributed by atoms with Crippen LogP contribution < -0.4 is 9.47 Å². The number of phenols is 1. The van der Waals surface area contributed by atoms with Gasteiger partial charge in [0.2, 0.25) is 0 Å².